The van der Waals surface area contributed by atoms with Crippen molar-refractivity contribution < 1.29 is 5.11 Å². The highest BCUT2D eigenvalue weighted by atomic mass is 35.5. The van der Waals surface area contributed by atoms with E-state index in [-0.39, 0.29) is 11.3 Å². The molecule has 2 aromatic carbocycles. The summed E-state index contributed by atoms with van der Waals surface area (Å²) >= 11 is 5.95. The number of nitrogens with zero attached hydrogens (tertiary/aromatic N) is 3. The van der Waals surface area contributed by atoms with Crippen molar-refractivity contribution in [1.82, 2.24) is 19.9 Å². The highest BCUT2D eigenvalue weighted by Gasteiger charge is 2.22. The van der Waals surface area contributed by atoms with Crippen molar-refractivity contribution in [1.29, 1.82) is 0 Å². The van der Waals surface area contributed by atoms with Gasteiger partial charge in [0.25, 0.3) is 5.56 Å². The largest absolute Gasteiger partial charge is 0.506 e. The lowest BCUT2D eigenvalue weighted by atomic mass is 10.1. The molecule has 0 spiro atoms. The summed E-state index contributed by atoms with van der Waals surface area (Å²) in [6.45, 7) is 1.89. The van der Waals surface area contributed by atoms with Crippen molar-refractivity contribution in [3.8, 4) is 17.1 Å². The first-order valence-corrected chi connectivity index (χ1v) is 10.1. The third-order valence-electron chi connectivity index (χ3n) is 5.41. The van der Waals surface area contributed by atoms with Crippen LogP contribution in [0.3, 0.4) is 0 Å². The van der Waals surface area contributed by atoms with Crippen LogP contribution in [0.1, 0.15) is 17.0 Å². The molecular formula is C23H19ClN4O2. The van der Waals surface area contributed by atoms with Gasteiger partial charge in [-0.1, -0.05) is 29.8 Å². The molecule has 0 atom stereocenters. The number of benzene rings is 2. The number of pyridine rings is 1. The fourth-order valence-electron chi connectivity index (χ4n) is 3.85. The van der Waals surface area contributed by atoms with Crippen molar-refractivity contribution in [2.75, 3.05) is 6.54 Å². The number of fused-ring (bicyclic) bond motifs is 2. The number of phenolic OH excluding ortho intramolecular Hbond substituents is 1. The van der Waals surface area contributed by atoms with E-state index in [4.69, 9.17) is 16.6 Å². The van der Waals surface area contributed by atoms with Crippen molar-refractivity contribution in [3.05, 3.63) is 86.9 Å². The Hall–Kier alpha value is -3.22. The highest BCUT2D eigenvalue weighted by Crippen LogP contribution is 2.24. The van der Waals surface area contributed by atoms with Crippen LogP contribution >= 0.6 is 11.6 Å². The van der Waals surface area contributed by atoms with E-state index in [1.807, 2.05) is 30.3 Å². The smallest absolute Gasteiger partial charge is 0.255 e. The van der Waals surface area contributed by atoms with Gasteiger partial charge in [0, 0.05) is 42.0 Å². The fraction of sp³-hybridized carbons (Fsp3) is 0.174. The summed E-state index contributed by atoms with van der Waals surface area (Å²) in [4.78, 5) is 27.1. The molecule has 2 aromatic heterocycles. The van der Waals surface area contributed by atoms with E-state index >= 15 is 0 Å². The number of aromatic nitrogens is 3. The SMILES string of the molecule is O=c1[nH]c(-c2ccc(Cl)cc2)nc2c1CN(Cc1ccc3cccc(O)c3n1)CC2. The minimum Gasteiger partial charge on any atom is -0.506 e. The second-order valence-corrected chi connectivity index (χ2v) is 7.90. The molecule has 0 bridgehead atoms. The van der Waals surface area contributed by atoms with E-state index in [0.717, 1.165) is 28.9 Å². The molecule has 1 aliphatic heterocycles. The Bertz CT molecular complexity index is 1300. The predicted molar refractivity (Wildman–Crippen MR) is 117 cm³/mol. The summed E-state index contributed by atoms with van der Waals surface area (Å²) in [5.41, 5.74) is 3.71. The van der Waals surface area contributed by atoms with Gasteiger partial charge in [0.2, 0.25) is 0 Å². The van der Waals surface area contributed by atoms with Gasteiger partial charge in [0.05, 0.1) is 17.0 Å². The maximum Gasteiger partial charge on any atom is 0.255 e. The van der Waals surface area contributed by atoms with E-state index in [9.17, 15) is 9.90 Å². The molecule has 0 fully saturated rings. The zero-order chi connectivity index (χ0) is 20.7. The number of hydrogen-bond acceptors (Lipinski definition) is 5. The normalized spacial score (nSPS) is 14.0. The molecular weight excluding hydrogens is 400 g/mol. The molecule has 30 heavy (non-hydrogen) atoms. The first kappa shape index (κ1) is 18.8. The van der Waals surface area contributed by atoms with Gasteiger partial charge in [-0.05, 0) is 36.4 Å². The van der Waals surface area contributed by atoms with Crippen LogP contribution in [0.2, 0.25) is 5.02 Å². The summed E-state index contributed by atoms with van der Waals surface area (Å²) in [7, 11) is 0. The number of H-pyrrole nitrogens is 1. The lowest BCUT2D eigenvalue weighted by Crippen LogP contribution is -2.35. The molecule has 0 saturated heterocycles. The monoisotopic (exact) mass is 418 g/mol. The van der Waals surface area contributed by atoms with Gasteiger partial charge in [-0.25, -0.2) is 9.97 Å². The van der Waals surface area contributed by atoms with Gasteiger partial charge in [0.15, 0.2) is 0 Å². The average molecular weight is 419 g/mol. The second-order valence-electron chi connectivity index (χ2n) is 7.46. The van der Waals surface area contributed by atoms with Crippen LogP contribution in [0.5, 0.6) is 5.75 Å². The van der Waals surface area contributed by atoms with E-state index in [1.54, 1.807) is 24.3 Å². The molecule has 0 aliphatic carbocycles. The number of halogens is 1. The Morgan fingerprint density at radius 2 is 1.90 bits per heavy atom. The minimum absolute atomic E-state index is 0.112. The Balaban J connectivity index is 1.39. The number of nitrogens with one attached hydrogen (secondary N) is 1. The summed E-state index contributed by atoms with van der Waals surface area (Å²) in [6.07, 6.45) is 0.693. The third kappa shape index (κ3) is 3.56. The van der Waals surface area contributed by atoms with Gasteiger partial charge < -0.3 is 10.1 Å². The van der Waals surface area contributed by atoms with E-state index in [1.165, 1.54) is 0 Å². The molecule has 4 aromatic rings. The standard InChI is InChI=1S/C23H19ClN4O2/c24-16-7-4-15(5-8-16)22-26-19-10-11-28(13-18(19)23(30)27-22)12-17-9-6-14-2-1-3-20(29)21(14)25-17/h1-9,29H,10-13H2,(H,26,27,30). The zero-order valence-corrected chi connectivity index (χ0v) is 16.9. The first-order valence-electron chi connectivity index (χ1n) is 9.75. The van der Waals surface area contributed by atoms with Gasteiger partial charge >= 0.3 is 0 Å². The van der Waals surface area contributed by atoms with Crippen LogP contribution in [0, 0.1) is 0 Å². The van der Waals surface area contributed by atoms with Gasteiger partial charge in [-0.3, -0.25) is 9.69 Å². The van der Waals surface area contributed by atoms with E-state index in [2.05, 4.69) is 14.9 Å². The Kier molecular flexibility index (Phi) is 4.73. The Morgan fingerprint density at radius 3 is 2.73 bits per heavy atom. The van der Waals surface area contributed by atoms with Gasteiger partial charge in [0.1, 0.15) is 17.1 Å². The molecule has 150 valence electrons. The number of phenols is 1. The summed E-state index contributed by atoms with van der Waals surface area (Å²) in [6, 6.07) is 16.6. The Labute approximate surface area is 177 Å². The first-order chi connectivity index (χ1) is 14.6. The van der Waals surface area contributed by atoms with Crippen LogP contribution in [0.15, 0.2) is 59.4 Å². The third-order valence-corrected chi connectivity index (χ3v) is 5.66. The van der Waals surface area contributed by atoms with Crippen LogP contribution in [0.4, 0.5) is 0 Å². The molecule has 6 nitrogen and oxygen atoms in total. The minimum atomic E-state index is -0.112. The van der Waals surface area contributed by atoms with Crippen molar-refractivity contribution in [3.63, 3.8) is 0 Å². The zero-order valence-electron chi connectivity index (χ0n) is 16.1. The molecule has 2 N–H and O–H groups in total. The molecule has 5 rings (SSSR count). The van der Waals surface area contributed by atoms with Crippen molar-refractivity contribution in [2.24, 2.45) is 0 Å². The van der Waals surface area contributed by atoms with Crippen molar-refractivity contribution in [2.45, 2.75) is 19.5 Å². The molecule has 1 aliphatic rings. The second kappa shape index (κ2) is 7.55. The number of hydrogen-bond donors (Lipinski definition) is 2. The molecule has 3 heterocycles. The molecule has 0 unspecified atom stereocenters. The number of aromatic hydroxyl groups is 1. The summed E-state index contributed by atoms with van der Waals surface area (Å²) in [5.74, 6) is 0.740. The van der Waals surface area contributed by atoms with E-state index in [0.29, 0.717) is 41.4 Å². The molecule has 0 saturated carbocycles. The number of rotatable bonds is 3. The van der Waals surface area contributed by atoms with E-state index < -0.39 is 0 Å². The fourth-order valence-corrected chi connectivity index (χ4v) is 3.98. The maximum absolute atomic E-state index is 12.7. The lowest BCUT2D eigenvalue weighted by Gasteiger charge is -2.27. The van der Waals surface area contributed by atoms with Crippen molar-refractivity contribution >= 4 is 22.5 Å². The predicted octanol–water partition coefficient (Wildman–Crippen LogP) is 3.90. The van der Waals surface area contributed by atoms with Crippen LogP contribution in [-0.2, 0) is 19.5 Å². The van der Waals surface area contributed by atoms with Gasteiger partial charge in [-0.15, -0.1) is 0 Å². The average Bonchev–Trinajstić information content (AvgIpc) is 2.75. The molecule has 0 amide bonds. The van der Waals surface area contributed by atoms with Crippen LogP contribution in [-0.4, -0.2) is 31.5 Å². The van der Waals surface area contributed by atoms with Gasteiger partial charge in [-0.2, -0.15) is 0 Å². The Morgan fingerprint density at radius 1 is 1.07 bits per heavy atom. The summed E-state index contributed by atoms with van der Waals surface area (Å²) in [5, 5.41) is 11.6. The topological polar surface area (TPSA) is 82.1 Å². The van der Waals surface area contributed by atoms with Crippen LogP contribution < -0.4 is 5.56 Å². The number of aromatic amines is 1. The quantitative estimate of drug-likeness (QED) is 0.527. The molecule has 7 heteroatoms. The van der Waals surface area contributed by atoms with Crippen LogP contribution in [0.25, 0.3) is 22.3 Å². The molecule has 0 radical (unpaired) electrons. The lowest BCUT2D eigenvalue weighted by molar-refractivity contribution is 0.239. The number of para-hydroxylation sites is 1. The summed E-state index contributed by atoms with van der Waals surface area (Å²) < 4.78 is 0. The maximum atomic E-state index is 12.7. The highest BCUT2D eigenvalue weighted by molar-refractivity contribution is 6.30.